The van der Waals surface area contributed by atoms with Gasteiger partial charge in [-0.05, 0) is 12.1 Å². The summed E-state index contributed by atoms with van der Waals surface area (Å²) in [5.41, 5.74) is 0.179. The summed E-state index contributed by atoms with van der Waals surface area (Å²) in [5.74, 6) is -0.305. The average Bonchev–Trinajstić information content (AvgIpc) is 2.57. The van der Waals surface area contributed by atoms with Crippen LogP contribution in [0.2, 0.25) is 0 Å². The SMILES string of the molecule is COc1cccc(F)c1N1CC(Cl)CC1=O. The summed E-state index contributed by atoms with van der Waals surface area (Å²) in [6.07, 6.45) is 0.235. The molecule has 0 aromatic heterocycles. The number of hydrogen-bond donors (Lipinski definition) is 0. The van der Waals surface area contributed by atoms with Crippen molar-refractivity contribution in [3.63, 3.8) is 0 Å². The molecule has 1 aromatic carbocycles. The standard InChI is InChI=1S/C11H11ClFNO2/c1-16-9-4-2-3-8(13)11(9)14-6-7(12)5-10(14)15/h2-4,7H,5-6H2,1H3. The quantitative estimate of drug-likeness (QED) is 0.745. The Balaban J connectivity index is 2.43. The van der Waals surface area contributed by atoms with Crippen LogP contribution in [0.25, 0.3) is 0 Å². The topological polar surface area (TPSA) is 29.5 Å². The lowest BCUT2D eigenvalue weighted by Gasteiger charge is -2.19. The van der Waals surface area contributed by atoms with E-state index in [1.165, 1.54) is 24.1 Å². The maximum Gasteiger partial charge on any atom is 0.228 e. The number of alkyl halides is 1. The van der Waals surface area contributed by atoms with Crippen LogP contribution in [0.5, 0.6) is 5.75 Å². The third-order valence-corrected chi connectivity index (χ3v) is 2.81. The van der Waals surface area contributed by atoms with E-state index in [0.717, 1.165) is 0 Å². The average molecular weight is 244 g/mol. The van der Waals surface area contributed by atoms with Crippen molar-refractivity contribution in [1.82, 2.24) is 0 Å². The highest BCUT2D eigenvalue weighted by Crippen LogP contribution is 2.34. The fourth-order valence-corrected chi connectivity index (χ4v) is 2.07. The van der Waals surface area contributed by atoms with Crippen LogP contribution >= 0.6 is 11.6 Å². The van der Waals surface area contributed by atoms with E-state index in [0.29, 0.717) is 12.3 Å². The number of hydrogen-bond acceptors (Lipinski definition) is 2. The number of para-hydroxylation sites is 1. The molecule has 0 spiro atoms. The second-order valence-electron chi connectivity index (χ2n) is 3.60. The molecule has 1 aliphatic heterocycles. The van der Waals surface area contributed by atoms with E-state index in [9.17, 15) is 9.18 Å². The third-order valence-electron chi connectivity index (χ3n) is 2.52. The molecular weight excluding hydrogens is 233 g/mol. The molecule has 3 nitrogen and oxygen atoms in total. The van der Waals surface area contributed by atoms with Crippen molar-refractivity contribution in [2.45, 2.75) is 11.8 Å². The molecule has 1 heterocycles. The van der Waals surface area contributed by atoms with E-state index < -0.39 is 5.82 Å². The van der Waals surface area contributed by atoms with Gasteiger partial charge < -0.3 is 9.64 Å². The van der Waals surface area contributed by atoms with Gasteiger partial charge in [-0.1, -0.05) is 6.07 Å². The van der Waals surface area contributed by atoms with Gasteiger partial charge in [0.1, 0.15) is 11.4 Å². The lowest BCUT2D eigenvalue weighted by molar-refractivity contribution is -0.117. The monoisotopic (exact) mass is 243 g/mol. The highest BCUT2D eigenvalue weighted by atomic mass is 35.5. The van der Waals surface area contributed by atoms with Crippen LogP contribution in [0.15, 0.2) is 18.2 Å². The summed E-state index contributed by atoms with van der Waals surface area (Å²) < 4.78 is 18.7. The first kappa shape index (κ1) is 11.2. The van der Waals surface area contributed by atoms with E-state index in [2.05, 4.69) is 0 Å². The van der Waals surface area contributed by atoms with Crippen LogP contribution in [0.4, 0.5) is 10.1 Å². The Hall–Kier alpha value is -1.29. The molecule has 1 saturated heterocycles. The number of ether oxygens (including phenoxy) is 1. The fourth-order valence-electron chi connectivity index (χ4n) is 1.80. The number of nitrogens with zero attached hydrogens (tertiary/aromatic N) is 1. The molecule has 1 fully saturated rings. The second kappa shape index (κ2) is 4.29. The van der Waals surface area contributed by atoms with Gasteiger partial charge in [0.15, 0.2) is 5.82 Å². The van der Waals surface area contributed by atoms with Crippen molar-refractivity contribution < 1.29 is 13.9 Å². The summed E-state index contributed by atoms with van der Waals surface area (Å²) in [5, 5.41) is -0.267. The second-order valence-corrected chi connectivity index (χ2v) is 4.21. The molecule has 2 rings (SSSR count). The van der Waals surface area contributed by atoms with Gasteiger partial charge in [-0.2, -0.15) is 0 Å². The lowest BCUT2D eigenvalue weighted by atomic mass is 10.2. The molecular formula is C11H11ClFNO2. The van der Waals surface area contributed by atoms with E-state index in [4.69, 9.17) is 16.3 Å². The van der Waals surface area contributed by atoms with E-state index in [1.54, 1.807) is 6.07 Å². The number of benzene rings is 1. The molecule has 1 aromatic rings. The number of methoxy groups -OCH3 is 1. The molecule has 1 amide bonds. The Labute approximate surface area is 97.8 Å². The Morgan fingerprint density at radius 2 is 2.31 bits per heavy atom. The van der Waals surface area contributed by atoms with E-state index in [-0.39, 0.29) is 23.4 Å². The van der Waals surface area contributed by atoms with E-state index in [1.807, 2.05) is 0 Å². The maximum absolute atomic E-state index is 13.7. The molecule has 16 heavy (non-hydrogen) atoms. The van der Waals surface area contributed by atoms with Gasteiger partial charge >= 0.3 is 0 Å². The minimum atomic E-state index is -0.474. The minimum absolute atomic E-state index is 0.177. The Bertz CT molecular complexity index is 424. The highest BCUT2D eigenvalue weighted by Gasteiger charge is 2.32. The summed E-state index contributed by atoms with van der Waals surface area (Å²) in [4.78, 5) is 13.0. The molecule has 0 bridgehead atoms. The smallest absolute Gasteiger partial charge is 0.228 e. The molecule has 0 N–H and O–H groups in total. The van der Waals surface area contributed by atoms with Crippen LogP contribution < -0.4 is 9.64 Å². The number of rotatable bonds is 2. The molecule has 1 aliphatic rings. The van der Waals surface area contributed by atoms with Crippen molar-refractivity contribution in [2.75, 3.05) is 18.6 Å². The van der Waals surface area contributed by atoms with Crippen LogP contribution in [0, 0.1) is 5.82 Å². The normalized spacial score (nSPS) is 20.3. The molecule has 0 saturated carbocycles. The fraction of sp³-hybridized carbons (Fsp3) is 0.364. The van der Waals surface area contributed by atoms with Gasteiger partial charge in [0, 0.05) is 13.0 Å². The van der Waals surface area contributed by atoms with Crippen LogP contribution in [0.1, 0.15) is 6.42 Å². The Morgan fingerprint density at radius 3 is 2.88 bits per heavy atom. The van der Waals surface area contributed by atoms with Crippen molar-refractivity contribution in [2.24, 2.45) is 0 Å². The van der Waals surface area contributed by atoms with Gasteiger partial charge in [-0.15, -0.1) is 11.6 Å². The highest BCUT2D eigenvalue weighted by molar-refractivity contribution is 6.24. The van der Waals surface area contributed by atoms with E-state index >= 15 is 0 Å². The molecule has 0 radical (unpaired) electrons. The summed E-state index contributed by atoms with van der Waals surface area (Å²) in [6, 6.07) is 4.45. The molecule has 0 aliphatic carbocycles. The van der Waals surface area contributed by atoms with Crippen molar-refractivity contribution >= 4 is 23.2 Å². The molecule has 86 valence electrons. The number of carbonyl (C=O) groups is 1. The van der Waals surface area contributed by atoms with Gasteiger partial charge in [-0.25, -0.2) is 4.39 Å². The first-order chi connectivity index (χ1) is 7.63. The zero-order chi connectivity index (χ0) is 11.7. The Kier molecular flexibility index (Phi) is 3.01. The summed E-state index contributed by atoms with van der Waals surface area (Å²) in [7, 11) is 1.44. The molecule has 5 heteroatoms. The van der Waals surface area contributed by atoms with Gasteiger partial charge in [0.05, 0.1) is 12.5 Å². The predicted octanol–water partition coefficient (Wildman–Crippen LogP) is 2.18. The maximum atomic E-state index is 13.7. The Morgan fingerprint density at radius 1 is 1.56 bits per heavy atom. The van der Waals surface area contributed by atoms with Gasteiger partial charge in [0.25, 0.3) is 0 Å². The zero-order valence-corrected chi connectivity index (χ0v) is 9.50. The van der Waals surface area contributed by atoms with Crippen LogP contribution in [0.3, 0.4) is 0 Å². The lowest BCUT2D eigenvalue weighted by Crippen LogP contribution is -2.26. The summed E-state index contributed by atoms with van der Waals surface area (Å²) >= 11 is 5.87. The molecule has 1 atom stereocenters. The number of halogens is 2. The van der Waals surface area contributed by atoms with Crippen molar-refractivity contribution in [3.8, 4) is 5.75 Å². The minimum Gasteiger partial charge on any atom is -0.494 e. The number of carbonyl (C=O) groups excluding carboxylic acids is 1. The predicted molar refractivity (Wildman–Crippen MR) is 59.6 cm³/mol. The zero-order valence-electron chi connectivity index (χ0n) is 8.74. The molecule has 1 unspecified atom stereocenters. The van der Waals surface area contributed by atoms with Crippen molar-refractivity contribution in [3.05, 3.63) is 24.0 Å². The van der Waals surface area contributed by atoms with Gasteiger partial charge in [0.2, 0.25) is 5.91 Å². The number of anilines is 1. The van der Waals surface area contributed by atoms with Crippen molar-refractivity contribution in [1.29, 1.82) is 0 Å². The third kappa shape index (κ3) is 1.85. The van der Waals surface area contributed by atoms with Gasteiger partial charge in [-0.3, -0.25) is 4.79 Å². The first-order valence-corrected chi connectivity index (χ1v) is 5.34. The van der Waals surface area contributed by atoms with Crippen LogP contribution in [-0.2, 0) is 4.79 Å². The summed E-state index contributed by atoms with van der Waals surface area (Å²) in [6.45, 7) is 0.317. The number of amides is 1. The first-order valence-electron chi connectivity index (χ1n) is 4.90. The van der Waals surface area contributed by atoms with Crippen LogP contribution in [-0.4, -0.2) is 24.9 Å². The largest absolute Gasteiger partial charge is 0.494 e.